The van der Waals surface area contributed by atoms with E-state index in [0.717, 1.165) is 18.4 Å². The molecule has 0 atom stereocenters. The van der Waals surface area contributed by atoms with Crippen LogP contribution in [-0.4, -0.2) is 29.2 Å². The van der Waals surface area contributed by atoms with Gasteiger partial charge in [-0.2, -0.15) is 5.26 Å². The standard InChI is InChI=1S/C25H22FN5O/c1-15-3-4-16(12-22(15)32)20-14-30-25(31-9-7-19(28)8-10-31)24(29-2)23(20)17-5-6-18(13-27)21(26)11-17/h3-6,11-12,14,19,32H,7-10,28H2,1H3. The van der Waals surface area contributed by atoms with E-state index in [1.54, 1.807) is 31.3 Å². The number of benzene rings is 2. The summed E-state index contributed by atoms with van der Waals surface area (Å²) in [6.07, 6.45) is 3.26. The van der Waals surface area contributed by atoms with Crippen molar-refractivity contribution in [1.82, 2.24) is 4.98 Å². The molecule has 2 aromatic carbocycles. The summed E-state index contributed by atoms with van der Waals surface area (Å²) < 4.78 is 14.5. The maximum absolute atomic E-state index is 14.5. The zero-order chi connectivity index (χ0) is 22.8. The van der Waals surface area contributed by atoms with Crippen LogP contribution in [-0.2, 0) is 0 Å². The summed E-state index contributed by atoms with van der Waals surface area (Å²) in [5.74, 6) is 0.00519. The van der Waals surface area contributed by atoms with E-state index in [-0.39, 0.29) is 17.4 Å². The maximum atomic E-state index is 14.5. The number of nitrogens with two attached hydrogens (primary N) is 1. The summed E-state index contributed by atoms with van der Waals surface area (Å²) in [5.41, 5.74) is 9.26. The van der Waals surface area contributed by atoms with E-state index in [2.05, 4.69) is 9.83 Å². The SMILES string of the molecule is [C-]#[N+]c1c(N2CCC(N)CC2)ncc(-c2ccc(C)c(O)c2)c1-c1ccc(C#N)c(F)c1. The first-order valence-electron chi connectivity index (χ1n) is 10.3. The van der Waals surface area contributed by atoms with Crippen LogP contribution in [0.3, 0.4) is 0 Å². The van der Waals surface area contributed by atoms with Gasteiger partial charge in [-0.3, -0.25) is 4.98 Å². The summed E-state index contributed by atoms with van der Waals surface area (Å²) in [5, 5.41) is 19.4. The van der Waals surface area contributed by atoms with Gasteiger partial charge in [0.05, 0.1) is 12.1 Å². The lowest BCUT2D eigenvalue weighted by Crippen LogP contribution is -2.40. The number of aromatic hydroxyl groups is 1. The minimum atomic E-state index is -0.652. The first-order valence-corrected chi connectivity index (χ1v) is 10.3. The molecule has 1 aliphatic rings. The number of pyridine rings is 1. The zero-order valence-electron chi connectivity index (χ0n) is 17.6. The van der Waals surface area contributed by atoms with Crippen molar-refractivity contribution in [2.24, 2.45) is 5.73 Å². The molecule has 3 aromatic rings. The minimum Gasteiger partial charge on any atom is -0.508 e. The summed E-state index contributed by atoms with van der Waals surface area (Å²) in [6, 6.07) is 11.5. The number of rotatable bonds is 3. The summed E-state index contributed by atoms with van der Waals surface area (Å²) >= 11 is 0. The molecule has 1 aliphatic heterocycles. The molecular weight excluding hydrogens is 405 g/mol. The Hall–Kier alpha value is -3.94. The Labute approximate surface area is 186 Å². The molecule has 0 saturated carbocycles. The van der Waals surface area contributed by atoms with Gasteiger partial charge in [0.25, 0.3) is 0 Å². The Balaban J connectivity index is 1.96. The van der Waals surface area contributed by atoms with Gasteiger partial charge in [0, 0.05) is 30.9 Å². The van der Waals surface area contributed by atoms with Crippen molar-refractivity contribution in [3.8, 4) is 34.1 Å². The highest BCUT2D eigenvalue weighted by molar-refractivity contribution is 5.96. The predicted molar refractivity (Wildman–Crippen MR) is 122 cm³/mol. The van der Waals surface area contributed by atoms with Crippen LogP contribution in [0.25, 0.3) is 27.1 Å². The van der Waals surface area contributed by atoms with Gasteiger partial charge in [-0.25, -0.2) is 9.24 Å². The van der Waals surface area contributed by atoms with Crippen molar-refractivity contribution < 1.29 is 9.50 Å². The molecule has 0 amide bonds. The number of phenolic OH excluding ortho intramolecular Hbond substituents is 1. The largest absolute Gasteiger partial charge is 0.508 e. The highest BCUT2D eigenvalue weighted by Crippen LogP contribution is 2.45. The fraction of sp³-hybridized carbons (Fsp3) is 0.240. The lowest BCUT2D eigenvalue weighted by molar-refractivity contribution is 0.471. The second kappa shape index (κ2) is 8.66. The van der Waals surface area contributed by atoms with Gasteiger partial charge >= 0.3 is 0 Å². The molecule has 2 heterocycles. The normalized spacial score (nSPS) is 14.1. The predicted octanol–water partition coefficient (Wildman–Crippen LogP) is 4.92. The van der Waals surface area contributed by atoms with Crippen molar-refractivity contribution >= 4 is 11.5 Å². The minimum absolute atomic E-state index is 0.0630. The van der Waals surface area contributed by atoms with Crippen molar-refractivity contribution in [2.75, 3.05) is 18.0 Å². The molecule has 0 bridgehead atoms. The van der Waals surface area contributed by atoms with Crippen molar-refractivity contribution in [2.45, 2.75) is 25.8 Å². The Kier molecular flexibility index (Phi) is 5.77. The quantitative estimate of drug-likeness (QED) is 0.579. The summed E-state index contributed by atoms with van der Waals surface area (Å²) in [4.78, 5) is 10.5. The maximum Gasteiger partial charge on any atom is 0.236 e. The monoisotopic (exact) mass is 427 g/mol. The van der Waals surface area contributed by atoms with Gasteiger partial charge in [-0.1, -0.05) is 18.2 Å². The molecule has 3 N–H and O–H groups in total. The van der Waals surface area contributed by atoms with Gasteiger partial charge in [-0.05, 0) is 60.2 Å². The fourth-order valence-electron chi connectivity index (χ4n) is 3.99. The molecule has 32 heavy (non-hydrogen) atoms. The van der Waals surface area contributed by atoms with Gasteiger partial charge < -0.3 is 15.7 Å². The number of nitriles is 1. The van der Waals surface area contributed by atoms with E-state index < -0.39 is 5.82 Å². The van der Waals surface area contributed by atoms with E-state index in [1.165, 1.54) is 12.1 Å². The lowest BCUT2D eigenvalue weighted by atomic mass is 9.93. The van der Waals surface area contributed by atoms with Crippen molar-refractivity contribution in [1.29, 1.82) is 5.26 Å². The number of hydrogen-bond donors (Lipinski definition) is 2. The van der Waals surface area contributed by atoms with Crippen LogP contribution in [0, 0.1) is 30.6 Å². The van der Waals surface area contributed by atoms with Crippen LogP contribution >= 0.6 is 0 Å². The fourth-order valence-corrected chi connectivity index (χ4v) is 3.99. The van der Waals surface area contributed by atoms with Gasteiger partial charge in [0.1, 0.15) is 23.5 Å². The van der Waals surface area contributed by atoms with Crippen LogP contribution < -0.4 is 10.6 Å². The third-order valence-corrected chi connectivity index (χ3v) is 5.88. The molecule has 6 nitrogen and oxygen atoms in total. The van der Waals surface area contributed by atoms with Gasteiger partial charge in [0.15, 0.2) is 0 Å². The molecule has 1 saturated heterocycles. The van der Waals surface area contributed by atoms with E-state index in [4.69, 9.17) is 17.6 Å². The Morgan fingerprint density at radius 1 is 1.22 bits per heavy atom. The molecule has 1 fully saturated rings. The molecule has 160 valence electrons. The third kappa shape index (κ3) is 3.87. The van der Waals surface area contributed by atoms with Gasteiger partial charge in [0.2, 0.25) is 5.69 Å². The number of phenols is 1. The highest BCUT2D eigenvalue weighted by Gasteiger charge is 2.25. The Bertz CT molecular complexity index is 1270. The van der Waals surface area contributed by atoms with E-state index in [1.807, 2.05) is 17.0 Å². The average molecular weight is 427 g/mol. The molecule has 0 unspecified atom stereocenters. The first kappa shape index (κ1) is 21.3. The number of piperidine rings is 1. The molecule has 0 aliphatic carbocycles. The number of hydrogen-bond acceptors (Lipinski definition) is 5. The van der Waals surface area contributed by atoms with E-state index in [0.29, 0.717) is 46.8 Å². The second-order valence-electron chi connectivity index (χ2n) is 7.96. The van der Waals surface area contributed by atoms with Crippen LogP contribution in [0.1, 0.15) is 24.0 Å². The molecule has 4 rings (SSSR count). The topological polar surface area (TPSA) is 90.5 Å². The number of nitrogens with zero attached hydrogens (tertiary/aromatic N) is 4. The van der Waals surface area contributed by atoms with Crippen molar-refractivity contribution in [3.05, 3.63) is 71.0 Å². The average Bonchev–Trinajstić information content (AvgIpc) is 2.80. The Morgan fingerprint density at radius 2 is 1.94 bits per heavy atom. The van der Waals surface area contributed by atoms with Crippen LogP contribution in [0.15, 0.2) is 42.6 Å². The van der Waals surface area contributed by atoms with E-state index >= 15 is 0 Å². The summed E-state index contributed by atoms with van der Waals surface area (Å²) in [7, 11) is 0. The van der Waals surface area contributed by atoms with Gasteiger partial charge in [-0.15, -0.1) is 0 Å². The number of halogens is 1. The molecule has 7 heteroatoms. The first-order chi connectivity index (χ1) is 15.4. The van der Waals surface area contributed by atoms with Crippen LogP contribution in [0.4, 0.5) is 15.9 Å². The highest BCUT2D eigenvalue weighted by atomic mass is 19.1. The molecule has 0 spiro atoms. The molecule has 0 radical (unpaired) electrons. The zero-order valence-corrected chi connectivity index (χ0v) is 17.6. The number of aryl methyl sites for hydroxylation is 1. The number of aromatic nitrogens is 1. The number of anilines is 1. The lowest BCUT2D eigenvalue weighted by Gasteiger charge is -2.32. The second-order valence-corrected chi connectivity index (χ2v) is 7.96. The molecule has 1 aromatic heterocycles. The third-order valence-electron chi connectivity index (χ3n) is 5.88. The van der Waals surface area contributed by atoms with Crippen LogP contribution in [0.5, 0.6) is 5.75 Å². The summed E-state index contributed by atoms with van der Waals surface area (Å²) in [6.45, 7) is 11.1. The van der Waals surface area contributed by atoms with Crippen LogP contribution in [0.2, 0.25) is 0 Å². The Morgan fingerprint density at radius 3 is 2.56 bits per heavy atom. The smallest absolute Gasteiger partial charge is 0.236 e. The van der Waals surface area contributed by atoms with Crippen molar-refractivity contribution in [3.63, 3.8) is 0 Å². The van der Waals surface area contributed by atoms with E-state index in [9.17, 15) is 9.50 Å². The molecular formula is C25H22FN5O.